The first kappa shape index (κ1) is 25.8. The van der Waals surface area contributed by atoms with Crippen LogP contribution in [0.1, 0.15) is 51.8 Å². The van der Waals surface area contributed by atoms with Gasteiger partial charge in [-0.3, -0.25) is 0 Å². The smallest absolute Gasteiger partial charge is 0.323 e. The summed E-state index contributed by atoms with van der Waals surface area (Å²) in [5.74, 6) is 0.827. The minimum absolute atomic E-state index is 0.0427. The Balaban J connectivity index is 1.61. The first-order valence-corrected chi connectivity index (χ1v) is 12.7. The molecule has 2 amide bonds. The highest BCUT2D eigenvalue weighted by molar-refractivity contribution is 6.30. The number of ether oxygens (including phenoxy) is 1. The molecule has 1 aliphatic carbocycles. The number of carbonyl (C=O) groups is 1. The molecule has 1 aromatic heterocycles. The monoisotopic (exact) mass is 514 g/mol. The molecule has 3 aromatic rings. The van der Waals surface area contributed by atoms with Crippen molar-refractivity contribution in [2.24, 2.45) is 5.92 Å². The fourth-order valence-electron chi connectivity index (χ4n) is 4.52. The molecular formula is C27H32ClFN4O3. The highest BCUT2D eigenvalue weighted by atomic mass is 35.5. The van der Waals surface area contributed by atoms with Gasteiger partial charge in [0.05, 0.1) is 23.3 Å². The predicted octanol–water partition coefficient (Wildman–Crippen LogP) is 7.49. The summed E-state index contributed by atoms with van der Waals surface area (Å²) in [7, 11) is 0. The molecule has 36 heavy (non-hydrogen) atoms. The van der Waals surface area contributed by atoms with Crippen molar-refractivity contribution in [2.45, 2.75) is 58.6 Å². The molecule has 2 N–H and O–H groups in total. The van der Waals surface area contributed by atoms with Gasteiger partial charge in [0.15, 0.2) is 6.61 Å². The van der Waals surface area contributed by atoms with Crippen molar-refractivity contribution in [3.63, 3.8) is 0 Å². The van der Waals surface area contributed by atoms with Crippen molar-refractivity contribution >= 4 is 34.7 Å². The van der Waals surface area contributed by atoms with Crippen LogP contribution in [0.25, 0.3) is 0 Å². The summed E-state index contributed by atoms with van der Waals surface area (Å²) in [6.07, 6.45) is 8.89. The summed E-state index contributed by atoms with van der Waals surface area (Å²) in [6.45, 7) is 5.38. The zero-order chi connectivity index (χ0) is 25.5. The molecule has 7 nitrogen and oxygen atoms in total. The van der Waals surface area contributed by atoms with Crippen LogP contribution < -0.4 is 20.3 Å². The zero-order valence-electron chi connectivity index (χ0n) is 20.6. The molecule has 1 saturated carbocycles. The number of hydrogen-bond donors (Lipinski definition) is 2. The van der Waals surface area contributed by atoms with Gasteiger partial charge in [0, 0.05) is 23.7 Å². The molecule has 192 valence electrons. The third-order valence-corrected chi connectivity index (χ3v) is 6.36. The number of hydrogen-bond acceptors (Lipinski definition) is 5. The number of rotatable bonds is 9. The second kappa shape index (κ2) is 12.1. The fraction of sp³-hybridized carbons (Fsp3) is 0.407. The standard InChI is InChI=1S/C27H32ClFN4O3/c1-18(2)16-33(20-6-4-3-5-7-20)25-11-9-21(36-17-26-30-12-13-35-26)15-24(25)32-27(34)31-23-10-8-19(28)14-22(23)29/h8-15,18,20H,3-7,16-17H2,1-2H3,(H2,31,32,34). The molecule has 0 radical (unpaired) electrons. The molecule has 0 bridgehead atoms. The predicted molar refractivity (Wildman–Crippen MR) is 140 cm³/mol. The molecule has 0 saturated heterocycles. The number of amides is 2. The highest BCUT2D eigenvalue weighted by Gasteiger charge is 2.25. The minimum Gasteiger partial charge on any atom is -0.484 e. The van der Waals surface area contributed by atoms with Gasteiger partial charge in [0.1, 0.15) is 17.8 Å². The van der Waals surface area contributed by atoms with Crippen LogP contribution in [0.15, 0.2) is 53.3 Å². The van der Waals surface area contributed by atoms with Crippen LogP contribution in [-0.4, -0.2) is 23.6 Å². The van der Waals surface area contributed by atoms with Gasteiger partial charge in [0.2, 0.25) is 5.89 Å². The summed E-state index contributed by atoms with van der Waals surface area (Å²) >= 11 is 5.84. The van der Waals surface area contributed by atoms with E-state index >= 15 is 0 Å². The van der Waals surface area contributed by atoms with E-state index in [-0.39, 0.29) is 17.3 Å². The van der Waals surface area contributed by atoms with Gasteiger partial charge in [-0.05, 0) is 49.1 Å². The largest absolute Gasteiger partial charge is 0.484 e. The second-order valence-corrected chi connectivity index (χ2v) is 9.87. The van der Waals surface area contributed by atoms with Crippen molar-refractivity contribution in [3.8, 4) is 5.75 Å². The maximum Gasteiger partial charge on any atom is 0.323 e. The normalized spacial score (nSPS) is 14.0. The van der Waals surface area contributed by atoms with E-state index in [1.54, 1.807) is 12.3 Å². The molecule has 0 aliphatic heterocycles. The van der Waals surface area contributed by atoms with Gasteiger partial charge in [-0.15, -0.1) is 0 Å². The molecule has 2 aromatic carbocycles. The third kappa shape index (κ3) is 6.91. The van der Waals surface area contributed by atoms with E-state index in [0.717, 1.165) is 31.1 Å². The summed E-state index contributed by atoms with van der Waals surface area (Å²) in [5.41, 5.74) is 1.53. The Labute approximate surface area is 216 Å². The van der Waals surface area contributed by atoms with Crippen molar-refractivity contribution in [1.29, 1.82) is 0 Å². The van der Waals surface area contributed by atoms with Gasteiger partial charge >= 0.3 is 6.03 Å². The lowest BCUT2D eigenvalue weighted by atomic mass is 9.93. The van der Waals surface area contributed by atoms with Gasteiger partial charge in [0.25, 0.3) is 0 Å². The van der Waals surface area contributed by atoms with Crippen molar-refractivity contribution in [1.82, 2.24) is 4.98 Å². The van der Waals surface area contributed by atoms with Gasteiger partial charge in [-0.25, -0.2) is 14.2 Å². The first-order chi connectivity index (χ1) is 17.4. The lowest BCUT2D eigenvalue weighted by Crippen LogP contribution is -2.40. The Morgan fingerprint density at radius 1 is 1.17 bits per heavy atom. The summed E-state index contributed by atoms with van der Waals surface area (Å²) in [6, 6.07) is 9.58. The number of anilines is 3. The number of aromatic nitrogens is 1. The van der Waals surface area contributed by atoms with E-state index in [2.05, 4.69) is 34.4 Å². The van der Waals surface area contributed by atoms with E-state index in [4.69, 9.17) is 20.8 Å². The van der Waals surface area contributed by atoms with E-state index < -0.39 is 11.8 Å². The Bertz CT molecular complexity index is 1150. The SMILES string of the molecule is CC(C)CN(c1ccc(OCc2ncco2)cc1NC(=O)Nc1ccc(Cl)cc1F)C1CCCCC1. The molecule has 0 unspecified atom stereocenters. The first-order valence-electron chi connectivity index (χ1n) is 12.3. The van der Waals surface area contributed by atoms with Crippen LogP contribution in [-0.2, 0) is 6.61 Å². The number of oxazole rings is 1. The fourth-order valence-corrected chi connectivity index (χ4v) is 4.68. The van der Waals surface area contributed by atoms with Crippen LogP contribution in [0.5, 0.6) is 5.75 Å². The quantitative estimate of drug-likeness (QED) is 0.309. The molecule has 1 fully saturated rings. The molecule has 1 heterocycles. The highest BCUT2D eigenvalue weighted by Crippen LogP contribution is 2.36. The van der Waals surface area contributed by atoms with Gasteiger partial charge in [-0.1, -0.05) is 44.7 Å². The number of urea groups is 1. The molecular weight excluding hydrogens is 483 g/mol. The van der Waals surface area contributed by atoms with Crippen LogP contribution in [0, 0.1) is 11.7 Å². The van der Waals surface area contributed by atoms with Gasteiger partial charge in [-0.2, -0.15) is 0 Å². The Hall–Kier alpha value is -3.26. The molecule has 9 heteroatoms. The molecule has 0 atom stereocenters. The average Bonchev–Trinajstić information content (AvgIpc) is 3.38. The third-order valence-electron chi connectivity index (χ3n) is 6.13. The number of halogens is 2. The van der Waals surface area contributed by atoms with Crippen molar-refractivity contribution < 1.29 is 18.3 Å². The maximum atomic E-state index is 14.3. The average molecular weight is 515 g/mol. The van der Waals surface area contributed by atoms with E-state index in [1.807, 2.05) is 12.1 Å². The Morgan fingerprint density at radius 2 is 1.94 bits per heavy atom. The minimum atomic E-state index is -0.607. The summed E-state index contributed by atoms with van der Waals surface area (Å²) in [5, 5.41) is 5.75. The van der Waals surface area contributed by atoms with E-state index in [0.29, 0.717) is 29.3 Å². The van der Waals surface area contributed by atoms with E-state index in [9.17, 15) is 9.18 Å². The number of carbonyl (C=O) groups excluding carboxylic acids is 1. The van der Waals surface area contributed by atoms with E-state index in [1.165, 1.54) is 37.7 Å². The van der Waals surface area contributed by atoms with Crippen molar-refractivity contribution in [2.75, 3.05) is 22.1 Å². The lowest BCUT2D eigenvalue weighted by Gasteiger charge is -2.38. The molecule has 1 aliphatic rings. The lowest BCUT2D eigenvalue weighted by molar-refractivity contribution is 0.261. The van der Waals surface area contributed by atoms with Crippen LogP contribution in [0.3, 0.4) is 0 Å². The zero-order valence-corrected chi connectivity index (χ0v) is 21.4. The number of benzene rings is 2. The Kier molecular flexibility index (Phi) is 8.70. The summed E-state index contributed by atoms with van der Waals surface area (Å²) in [4.78, 5) is 19.4. The van der Waals surface area contributed by atoms with Crippen LogP contribution in [0.2, 0.25) is 5.02 Å². The van der Waals surface area contributed by atoms with Crippen LogP contribution in [0.4, 0.5) is 26.2 Å². The number of nitrogens with zero attached hydrogens (tertiary/aromatic N) is 2. The Morgan fingerprint density at radius 3 is 2.64 bits per heavy atom. The number of nitrogens with one attached hydrogen (secondary N) is 2. The van der Waals surface area contributed by atoms with Crippen molar-refractivity contribution in [3.05, 3.63) is 65.6 Å². The van der Waals surface area contributed by atoms with Gasteiger partial charge < -0.3 is 24.7 Å². The second-order valence-electron chi connectivity index (χ2n) is 9.43. The molecule has 4 rings (SSSR count). The topological polar surface area (TPSA) is 79.6 Å². The molecule has 0 spiro atoms. The van der Waals surface area contributed by atoms with Crippen LogP contribution >= 0.6 is 11.6 Å². The summed E-state index contributed by atoms with van der Waals surface area (Å²) < 4.78 is 25.4. The maximum absolute atomic E-state index is 14.3.